The minimum Gasteiger partial charge on any atom is -0.384 e. The van der Waals surface area contributed by atoms with E-state index in [9.17, 15) is 4.79 Å². The van der Waals surface area contributed by atoms with Crippen LogP contribution in [-0.4, -0.2) is 42.0 Å². The predicted molar refractivity (Wildman–Crippen MR) is 66.7 cm³/mol. The molecule has 0 spiro atoms. The molecule has 0 aliphatic carbocycles. The Morgan fingerprint density at radius 2 is 2.18 bits per heavy atom. The third-order valence-corrected chi connectivity index (χ3v) is 2.92. The van der Waals surface area contributed by atoms with E-state index >= 15 is 0 Å². The number of nitrogen functional groups attached to an aromatic ring is 1. The van der Waals surface area contributed by atoms with Crippen LogP contribution in [0.25, 0.3) is 0 Å². The Hall–Kier alpha value is -1.62. The summed E-state index contributed by atoms with van der Waals surface area (Å²) in [5, 5.41) is 2.85. The molecule has 0 unspecified atom stereocenters. The summed E-state index contributed by atoms with van der Waals surface area (Å²) in [6, 6.07) is 5.07. The first-order chi connectivity index (χ1) is 8.25. The predicted octanol–water partition coefficient (Wildman–Crippen LogP) is 0.489. The zero-order valence-corrected chi connectivity index (χ0v) is 9.85. The Bertz CT molecular complexity index is 388. The highest BCUT2D eigenvalue weighted by molar-refractivity contribution is 5.92. The number of nitrogens with one attached hydrogen (secondary N) is 1. The van der Waals surface area contributed by atoms with Crippen LogP contribution in [0.15, 0.2) is 18.2 Å². The number of pyridine rings is 1. The quantitative estimate of drug-likeness (QED) is 0.795. The van der Waals surface area contributed by atoms with E-state index in [0.717, 1.165) is 19.6 Å². The summed E-state index contributed by atoms with van der Waals surface area (Å²) >= 11 is 0. The van der Waals surface area contributed by atoms with Crippen molar-refractivity contribution >= 4 is 11.7 Å². The Kier molecular flexibility index (Phi) is 3.93. The van der Waals surface area contributed by atoms with Gasteiger partial charge >= 0.3 is 0 Å². The number of anilines is 1. The van der Waals surface area contributed by atoms with Gasteiger partial charge in [-0.1, -0.05) is 6.07 Å². The van der Waals surface area contributed by atoms with Crippen molar-refractivity contribution in [2.24, 2.45) is 0 Å². The summed E-state index contributed by atoms with van der Waals surface area (Å²) in [6.07, 6.45) is 2.54. The maximum absolute atomic E-state index is 11.7. The highest BCUT2D eigenvalue weighted by atomic mass is 16.1. The molecule has 0 atom stereocenters. The minimum atomic E-state index is -0.156. The molecule has 1 aliphatic heterocycles. The molecule has 0 radical (unpaired) electrons. The number of hydrogen-bond acceptors (Lipinski definition) is 4. The number of likely N-dealkylation sites (tertiary alicyclic amines) is 1. The van der Waals surface area contributed by atoms with E-state index in [0.29, 0.717) is 18.1 Å². The van der Waals surface area contributed by atoms with Gasteiger partial charge in [0, 0.05) is 13.1 Å². The van der Waals surface area contributed by atoms with E-state index in [2.05, 4.69) is 15.2 Å². The van der Waals surface area contributed by atoms with Gasteiger partial charge < -0.3 is 16.0 Å². The van der Waals surface area contributed by atoms with Crippen molar-refractivity contribution < 1.29 is 4.79 Å². The zero-order chi connectivity index (χ0) is 12.1. The number of aromatic nitrogens is 1. The molecule has 1 saturated heterocycles. The first-order valence-corrected chi connectivity index (χ1v) is 5.99. The first-order valence-electron chi connectivity index (χ1n) is 5.99. The highest BCUT2D eigenvalue weighted by Crippen LogP contribution is 2.05. The fraction of sp³-hybridized carbons (Fsp3) is 0.500. The smallest absolute Gasteiger partial charge is 0.270 e. The molecule has 5 nitrogen and oxygen atoms in total. The van der Waals surface area contributed by atoms with E-state index in [-0.39, 0.29) is 5.91 Å². The molecule has 92 valence electrons. The van der Waals surface area contributed by atoms with Gasteiger partial charge in [-0.05, 0) is 38.1 Å². The largest absolute Gasteiger partial charge is 0.384 e. The molecule has 0 saturated carbocycles. The Morgan fingerprint density at radius 1 is 1.41 bits per heavy atom. The number of carbonyl (C=O) groups is 1. The molecule has 5 heteroatoms. The van der Waals surface area contributed by atoms with Gasteiger partial charge in [0.1, 0.15) is 11.5 Å². The monoisotopic (exact) mass is 234 g/mol. The maximum Gasteiger partial charge on any atom is 0.270 e. The summed E-state index contributed by atoms with van der Waals surface area (Å²) in [5.74, 6) is 0.216. The molecule has 3 N–H and O–H groups in total. The molecule has 17 heavy (non-hydrogen) atoms. The van der Waals surface area contributed by atoms with E-state index in [4.69, 9.17) is 5.73 Å². The zero-order valence-electron chi connectivity index (χ0n) is 9.85. The minimum absolute atomic E-state index is 0.156. The van der Waals surface area contributed by atoms with Crippen molar-refractivity contribution in [3.05, 3.63) is 23.9 Å². The van der Waals surface area contributed by atoms with Crippen molar-refractivity contribution in [3.8, 4) is 0 Å². The van der Waals surface area contributed by atoms with Gasteiger partial charge in [0.05, 0.1) is 0 Å². The van der Waals surface area contributed by atoms with Gasteiger partial charge in [0.15, 0.2) is 0 Å². The maximum atomic E-state index is 11.7. The lowest BCUT2D eigenvalue weighted by molar-refractivity contribution is 0.0945. The van der Waals surface area contributed by atoms with Gasteiger partial charge in [-0.25, -0.2) is 4.98 Å². The second-order valence-corrected chi connectivity index (χ2v) is 4.25. The molecule has 1 fully saturated rings. The lowest BCUT2D eigenvalue weighted by Gasteiger charge is -2.14. The van der Waals surface area contributed by atoms with Crippen LogP contribution >= 0.6 is 0 Å². The number of nitrogens with zero attached hydrogens (tertiary/aromatic N) is 2. The van der Waals surface area contributed by atoms with Gasteiger partial charge in [0.25, 0.3) is 5.91 Å². The summed E-state index contributed by atoms with van der Waals surface area (Å²) in [4.78, 5) is 18.1. The normalized spacial score (nSPS) is 16.0. The van der Waals surface area contributed by atoms with E-state index in [1.54, 1.807) is 18.2 Å². The average molecular weight is 234 g/mol. The fourth-order valence-electron chi connectivity index (χ4n) is 2.00. The van der Waals surface area contributed by atoms with Gasteiger partial charge in [-0.2, -0.15) is 0 Å². The van der Waals surface area contributed by atoms with E-state index in [1.807, 2.05) is 0 Å². The SMILES string of the molecule is Nc1cccc(C(=O)NCCN2CCCC2)n1. The average Bonchev–Trinajstić information content (AvgIpc) is 2.82. The standard InChI is InChI=1S/C12H18N4O/c13-11-5-3-4-10(15-11)12(17)14-6-9-16-7-1-2-8-16/h3-5H,1-2,6-9H2,(H2,13,15)(H,14,17). The molecule has 0 aromatic carbocycles. The Balaban J connectivity index is 1.77. The van der Waals surface area contributed by atoms with Crippen molar-refractivity contribution in [3.63, 3.8) is 0 Å². The molecule has 0 bridgehead atoms. The molecule has 2 heterocycles. The third kappa shape index (κ3) is 3.42. The van der Waals surface area contributed by atoms with Crippen molar-refractivity contribution in [2.75, 3.05) is 31.9 Å². The van der Waals surface area contributed by atoms with E-state index in [1.165, 1.54) is 12.8 Å². The van der Waals surface area contributed by atoms with E-state index < -0.39 is 0 Å². The summed E-state index contributed by atoms with van der Waals surface area (Å²) in [7, 11) is 0. The lowest BCUT2D eigenvalue weighted by Crippen LogP contribution is -2.33. The Labute approximate surface area is 101 Å². The number of carbonyl (C=O) groups excluding carboxylic acids is 1. The first kappa shape index (κ1) is 11.9. The molecule has 1 amide bonds. The van der Waals surface area contributed by atoms with Crippen LogP contribution in [0.1, 0.15) is 23.3 Å². The lowest BCUT2D eigenvalue weighted by atomic mass is 10.3. The molecule has 1 aromatic heterocycles. The van der Waals surface area contributed by atoms with Crippen LogP contribution in [0.5, 0.6) is 0 Å². The van der Waals surface area contributed by atoms with Crippen LogP contribution in [0.3, 0.4) is 0 Å². The van der Waals surface area contributed by atoms with Crippen molar-refractivity contribution in [2.45, 2.75) is 12.8 Å². The van der Waals surface area contributed by atoms with Crippen LogP contribution in [0.4, 0.5) is 5.82 Å². The number of hydrogen-bond donors (Lipinski definition) is 2. The van der Waals surface area contributed by atoms with Crippen LogP contribution < -0.4 is 11.1 Å². The fourth-order valence-corrected chi connectivity index (χ4v) is 2.00. The van der Waals surface area contributed by atoms with Crippen molar-refractivity contribution in [1.82, 2.24) is 15.2 Å². The Morgan fingerprint density at radius 3 is 2.88 bits per heavy atom. The van der Waals surface area contributed by atoms with Crippen molar-refractivity contribution in [1.29, 1.82) is 0 Å². The van der Waals surface area contributed by atoms with Gasteiger partial charge in [0.2, 0.25) is 0 Å². The number of rotatable bonds is 4. The summed E-state index contributed by atoms with van der Waals surface area (Å²) < 4.78 is 0. The second kappa shape index (κ2) is 5.63. The van der Waals surface area contributed by atoms with Gasteiger partial charge in [-0.15, -0.1) is 0 Å². The molecular weight excluding hydrogens is 216 g/mol. The number of nitrogens with two attached hydrogens (primary N) is 1. The van der Waals surface area contributed by atoms with Crippen LogP contribution in [0, 0.1) is 0 Å². The highest BCUT2D eigenvalue weighted by Gasteiger charge is 2.12. The second-order valence-electron chi connectivity index (χ2n) is 4.25. The third-order valence-electron chi connectivity index (χ3n) is 2.92. The molecule has 1 aliphatic rings. The van der Waals surface area contributed by atoms with Crippen LogP contribution in [0.2, 0.25) is 0 Å². The van der Waals surface area contributed by atoms with Gasteiger partial charge in [-0.3, -0.25) is 4.79 Å². The summed E-state index contributed by atoms with van der Waals surface area (Å²) in [5.41, 5.74) is 5.91. The molecular formula is C12H18N4O. The molecule has 1 aromatic rings. The summed E-state index contributed by atoms with van der Waals surface area (Å²) in [6.45, 7) is 3.86. The van der Waals surface area contributed by atoms with Crippen LogP contribution in [-0.2, 0) is 0 Å². The number of amides is 1. The topological polar surface area (TPSA) is 71.2 Å². The molecule has 2 rings (SSSR count).